The van der Waals surface area contributed by atoms with Crippen molar-refractivity contribution < 1.29 is 23.1 Å². The van der Waals surface area contributed by atoms with Crippen molar-refractivity contribution in [1.29, 1.82) is 0 Å². The number of halogens is 2. The average molecular weight is 301 g/mol. The predicted molar refractivity (Wildman–Crippen MR) is 73.5 cm³/mol. The molecule has 0 bridgehead atoms. The molecule has 0 spiro atoms. The predicted octanol–water partition coefficient (Wildman–Crippen LogP) is 1.85. The number of rotatable bonds is 6. The fourth-order valence-corrected chi connectivity index (χ4v) is 1.57. The largest absolute Gasteiger partial charge is 0.433 e. The zero-order chi connectivity index (χ0) is 15.8. The van der Waals surface area contributed by atoms with E-state index in [0.717, 1.165) is 0 Å². The van der Waals surface area contributed by atoms with E-state index in [9.17, 15) is 18.4 Å². The van der Waals surface area contributed by atoms with Crippen LogP contribution in [0.2, 0.25) is 0 Å². The standard InChI is InChI=1S/C13H17F2N3O3/c1-8-4-3-5-10(21-12(14)15)11(8)18-13(20)17-7-6-16-9(2)19/h3-5,12H,6-7H2,1-2H3,(H,16,19)(H2,17,18,20). The van der Waals surface area contributed by atoms with Gasteiger partial charge >= 0.3 is 12.6 Å². The van der Waals surface area contributed by atoms with Gasteiger partial charge in [-0.1, -0.05) is 12.1 Å². The summed E-state index contributed by atoms with van der Waals surface area (Å²) in [7, 11) is 0. The van der Waals surface area contributed by atoms with Crippen molar-refractivity contribution in [2.75, 3.05) is 18.4 Å². The number of hydrogen-bond donors (Lipinski definition) is 3. The van der Waals surface area contributed by atoms with E-state index in [0.29, 0.717) is 5.56 Å². The van der Waals surface area contributed by atoms with Crippen LogP contribution in [-0.4, -0.2) is 31.6 Å². The Morgan fingerprint density at radius 3 is 2.52 bits per heavy atom. The van der Waals surface area contributed by atoms with E-state index in [1.54, 1.807) is 19.1 Å². The molecule has 0 radical (unpaired) electrons. The molecule has 3 N–H and O–H groups in total. The van der Waals surface area contributed by atoms with Crippen molar-refractivity contribution in [3.8, 4) is 5.75 Å². The average Bonchev–Trinajstić information content (AvgIpc) is 2.38. The summed E-state index contributed by atoms with van der Waals surface area (Å²) in [4.78, 5) is 22.3. The lowest BCUT2D eigenvalue weighted by Crippen LogP contribution is -2.36. The molecule has 0 aliphatic heterocycles. The van der Waals surface area contributed by atoms with Crippen LogP contribution in [0.25, 0.3) is 0 Å². The van der Waals surface area contributed by atoms with Crippen molar-refractivity contribution in [3.63, 3.8) is 0 Å². The normalized spacial score (nSPS) is 10.1. The number of ether oxygens (including phenoxy) is 1. The Labute approximate surface area is 120 Å². The summed E-state index contributed by atoms with van der Waals surface area (Å²) in [6.45, 7) is 0.529. The Bertz CT molecular complexity index is 509. The van der Waals surface area contributed by atoms with E-state index in [2.05, 4.69) is 20.7 Å². The topological polar surface area (TPSA) is 79.5 Å². The Hall–Kier alpha value is -2.38. The lowest BCUT2D eigenvalue weighted by Gasteiger charge is -2.14. The zero-order valence-electron chi connectivity index (χ0n) is 11.7. The molecular weight excluding hydrogens is 284 g/mol. The van der Waals surface area contributed by atoms with E-state index >= 15 is 0 Å². The van der Waals surface area contributed by atoms with Crippen LogP contribution in [0.4, 0.5) is 19.3 Å². The Balaban J connectivity index is 2.60. The number of aryl methyl sites for hydroxylation is 1. The maximum Gasteiger partial charge on any atom is 0.387 e. The maximum atomic E-state index is 12.3. The fourth-order valence-electron chi connectivity index (χ4n) is 1.57. The van der Waals surface area contributed by atoms with Gasteiger partial charge in [0.05, 0.1) is 5.69 Å². The molecule has 0 saturated carbocycles. The summed E-state index contributed by atoms with van der Waals surface area (Å²) >= 11 is 0. The second-order valence-electron chi connectivity index (χ2n) is 4.19. The van der Waals surface area contributed by atoms with Crippen molar-refractivity contribution in [3.05, 3.63) is 23.8 Å². The van der Waals surface area contributed by atoms with Crippen LogP contribution in [0.15, 0.2) is 18.2 Å². The third kappa shape index (κ3) is 6.07. The van der Waals surface area contributed by atoms with Crippen LogP contribution in [0.3, 0.4) is 0 Å². The van der Waals surface area contributed by atoms with Crippen LogP contribution in [0, 0.1) is 6.92 Å². The van der Waals surface area contributed by atoms with Crippen LogP contribution < -0.4 is 20.7 Å². The minimum absolute atomic E-state index is 0.109. The molecule has 0 atom stereocenters. The number of para-hydroxylation sites is 1. The van der Waals surface area contributed by atoms with Gasteiger partial charge in [0.1, 0.15) is 5.75 Å². The van der Waals surface area contributed by atoms with Gasteiger partial charge in [-0.05, 0) is 18.6 Å². The van der Waals surface area contributed by atoms with Gasteiger partial charge in [-0.3, -0.25) is 4.79 Å². The van der Waals surface area contributed by atoms with Crippen molar-refractivity contribution in [2.24, 2.45) is 0 Å². The molecule has 8 heteroatoms. The molecule has 0 heterocycles. The van der Waals surface area contributed by atoms with E-state index in [1.807, 2.05) is 0 Å². The highest BCUT2D eigenvalue weighted by atomic mass is 19.3. The highest BCUT2D eigenvalue weighted by molar-refractivity contribution is 5.91. The Morgan fingerprint density at radius 2 is 1.90 bits per heavy atom. The Kier molecular flexibility index (Phi) is 6.38. The van der Waals surface area contributed by atoms with Gasteiger partial charge < -0.3 is 20.7 Å². The molecule has 0 aromatic heterocycles. The summed E-state index contributed by atoms with van der Waals surface area (Å²) in [5.74, 6) is -0.314. The summed E-state index contributed by atoms with van der Waals surface area (Å²) in [6, 6.07) is 3.97. The van der Waals surface area contributed by atoms with Crippen LogP contribution in [0.1, 0.15) is 12.5 Å². The SMILES string of the molecule is CC(=O)NCCNC(=O)Nc1c(C)cccc1OC(F)F. The molecule has 0 fully saturated rings. The van der Waals surface area contributed by atoms with Crippen LogP contribution in [0.5, 0.6) is 5.75 Å². The highest BCUT2D eigenvalue weighted by Crippen LogP contribution is 2.29. The maximum absolute atomic E-state index is 12.3. The number of nitrogens with one attached hydrogen (secondary N) is 3. The molecule has 0 aliphatic carbocycles. The van der Waals surface area contributed by atoms with E-state index < -0.39 is 12.6 Å². The number of carbonyl (C=O) groups excluding carboxylic acids is 2. The first-order valence-electron chi connectivity index (χ1n) is 6.24. The second-order valence-corrected chi connectivity index (χ2v) is 4.19. The fraction of sp³-hybridized carbons (Fsp3) is 0.385. The lowest BCUT2D eigenvalue weighted by molar-refractivity contribution is -0.118. The first kappa shape index (κ1) is 16.7. The van der Waals surface area contributed by atoms with Crippen molar-refractivity contribution in [1.82, 2.24) is 10.6 Å². The van der Waals surface area contributed by atoms with Crippen LogP contribution in [-0.2, 0) is 4.79 Å². The quantitative estimate of drug-likeness (QED) is 0.702. The number of amides is 3. The molecule has 0 saturated heterocycles. The molecule has 3 amide bonds. The van der Waals surface area contributed by atoms with Gasteiger partial charge in [-0.2, -0.15) is 8.78 Å². The van der Waals surface area contributed by atoms with Gasteiger partial charge in [0.15, 0.2) is 0 Å². The van der Waals surface area contributed by atoms with Crippen LogP contribution >= 0.6 is 0 Å². The Morgan fingerprint density at radius 1 is 1.24 bits per heavy atom. The number of alkyl halides is 2. The first-order valence-corrected chi connectivity index (χ1v) is 6.24. The molecular formula is C13H17F2N3O3. The number of hydrogen-bond acceptors (Lipinski definition) is 3. The van der Waals surface area contributed by atoms with Gasteiger partial charge in [-0.15, -0.1) is 0 Å². The van der Waals surface area contributed by atoms with Gasteiger partial charge in [0.2, 0.25) is 5.91 Å². The van der Waals surface area contributed by atoms with E-state index in [4.69, 9.17) is 0 Å². The molecule has 1 aromatic rings. The molecule has 21 heavy (non-hydrogen) atoms. The summed E-state index contributed by atoms with van der Waals surface area (Å²) < 4.78 is 29.0. The van der Waals surface area contributed by atoms with E-state index in [1.165, 1.54) is 13.0 Å². The number of carbonyl (C=O) groups is 2. The molecule has 116 valence electrons. The lowest BCUT2D eigenvalue weighted by atomic mass is 10.2. The third-order valence-corrected chi connectivity index (χ3v) is 2.47. The van der Waals surface area contributed by atoms with E-state index in [-0.39, 0.29) is 30.4 Å². The molecule has 0 aliphatic rings. The minimum atomic E-state index is -2.98. The smallest absolute Gasteiger partial charge is 0.387 e. The summed E-state index contributed by atoms with van der Waals surface area (Å²) in [5, 5.41) is 7.45. The first-order chi connectivity index (χ1) is 9.90. The monoisotopic (exact) mass is 301 g/mol. The number of benzene rings is 1. The zero-order valence-corrected chi connectivity index (χ0v) is 11.7. The van der Waals surface area contributed by atoms with Gasteiger partial charge in [-0.25, -0.2) is 4.79 Å². The summed E-state index contributed by atoms with van der Waals surface area (Å²) in [6.07, 6.45) is 0. The van der Waals surface area contributed by atoms with Crippen molar-refractivity contribution in [2.45, 2.75) is 20.5 Å². The van der Waals surface area contributed by atoms with Gasteiger partial charge in [0.25, 0.3) is 0 Å². The second kappa shape index (κ2) is 8.03. The minimum Gasteiger partial charge on any atom is -0.433 e. The van der Waals surface area contributed by atoms with Crippen molar-refractivity contribution >= 4 is 17.6 Å². The number of anilines is 1. The molecule has 1 rings (SSSR count). The third-order valence-electron chi connectivity index (χ3n) is 2.47. The number of urea groups is 1. The molecule has 0 unspecified atom stereocenters. The summed E-state index contributed by atoms with van der Waals surface area (Å²) in [5.41, 5.74) is 0.764. The van der Waals surface area contributed by atoms with Gasteiger partial charge in [0, 0.05) is 20.0 Å². The molecule has 6 nitrogen and oxygen atoms in total. The highest BCUT2D eigenvalue weighted by Gasteiger charge is 2.13. The molecule has 1 aromatic carbocycles.